The fourth-order valence-electron chi connectivity index (χ4n) is 2.12. The minimum atomic E-state index is -4.76. The van der Waals surface area contributed by atoms with Crippen molar-refractivity contribution < 1.29 is 18.0 Å². The molecule has 0 saturated carbocycles. The zero-order valence-corrected chi connectivity index (χ0v) is 15.0. The maximum Gasteiger partial charge on any atom is 0.417 e. The maximum atomic E-state index is 13.4. The van der Waals surface area contributed by atoms with Gasteiger partial charge in [0.15, 0.2) is 5.78 Å². The molecule has 2 nitrogen and oxygen atoms in total. The van der Waals surface area contributed by atoms with Gasteiger partial charge in [-0.3, -0.25) is 4.79 Å². The van der Waals surface area contributed by atoms with Gasteiger partial charge in [-0.05, 0) is 48.0 Å². The molecule has 0 saturated heterocycles. The molecule has 0 atom stereocenters. The number of halogens is 6. The van der Waals surface area contributed by atoms with Gasteiger partial charge in [0, 0.05) is 22.7 Å². The summed E-state index contributed by atoms with van der Waals surface area (Å²) < 4.78 is 40.2. The Kier molecular flexibility index (Phi) is 6.03. The number of anilines is 1. The lowest BCUT2D eigenvalue weighted by molar-refractivity contribution is -0.0689. The van der Waals surface area contributed by atoms with Crippen molar-refractivity contribution in [2.24, 2.45) is 0 Å². The molecular formula is C17H11Cl3F3NO. The standard InChI is InChI=1S/C17H11Cl3F3NO/c1-24-15-6-9(2-3-14(15)20)16(25)8-13(17(21,22)23)10-4-11(18)7-12(19)5-10/h2-8,24H,1H3/b13-8-. The van der Waals surface area contributed by atoms with Crippen LogP contribution in [0, 0.1) is 0 Å². The third-order valence-corrected chi connectivity index (χ3v) is 4.04. The van der Waals surface area contributed by atoms with Crippen LogP contribution in [-0.4, -0.2) is 19.0 Å². The van der Waals surface area contributed by atoms with Gasteiger partial charge in [-0.2, -0.15) is 13.2 Å². The zero-order valence-electron chi connectivity index (χ0n) is 12.7. The Morgan fingerprint density at radius 3 is 2.12 bits per heavy atom. The molecule has 132 valence electrons. The van der Waals surface area contributed by atoms with Gasteiger partial charge < -0.3 is 5.32 Å². The fraction of sp³-hybridized carbons (Fsp3) is 0.118. The highest BCUT2D eigenvalue weighted by Crippen LogP contribution is 2.36. The Bertz CT molecular complexity index is 827. The van der Waals surface area contributed by atoms with Crippen LogP contribution in [0.15, 0.2) is 42.5 Å². The normalized spacial score (nSPS) is 12.2. The van der Waals surface area contributed by atoms with Crippen molar-refractivity contribution in [2.45, 2.75) is 6.18 Å². The quantitative estimate of drug-likeness (QED) is 0.461. The Hall–Kier alpha value is -1.69. The van der Waals surface area contributed by atoms with Crippen LogP contribution >= 0.6 is 34.8 Å². The summed E-state index contributed by atoms with van der Waals surface area (Å²) in [5, 5.41) is 3.18. The Labute approximate surface area is 157 Å². The maximum absolute atomic E-state index is 13.4. The number of hydrogen-bond donors (Lipinski definition) is 1. The molecule has 1 N–H and O–H groups in total. The van der Waals surface area contributed by atoms with E-state index < -0.39 is 17.5 Å². The number of carbonyl (C=O) groups excluding carboxylic acids is 1. The predicted octanol–water partition coefficient (Wildman–Crippen LogP) is 6.52. The second-order valence-corrected chi connectivity index (χ2v) is 6.30. The summed E-state index contributed by atoms with van der Waals surface area (Å²) in [6.07, 6.45) is -4.24. The molecule has 2 aromatic carbocycles. The number of hydrogen-bond acceptors (Lipinski definition) is 2. The number of ketones is 1. The first-order chi connectivity index (χ1) is 11.6. The third kappa shape index (κ3) is 4.91. The van der Waals surface area contributed by atoms with Crippen LogP contribution in [0.1, 0.15) is 15.9 Å². The van der Waals surface area contributed by atoms with Crippen LogP contribution in [0.3, 0.4) is 0 Å². The van der Waals surface area contributed by atoms with Gasteiger partial charge in [0.25, 0.3) is 0 Å². The minimum Gasteiger partial charge on any atom is -0.387 e. The molecule has 8 heteroatoms. The summed E-state index contributed by atoms with van der Waals surface area (Å²) in [6.45, 7) is 0. The van der Waals surface area contributed by atoms with Crippen molar-refractivity contribution in [1.82, 2.24) is 0 Å². The number of rotatable bonds is 4. The number of alkyl halides is 3. The summed E-state index contributed by atoms with van der Waals surface area (Å²) in [4.78, 5) is 12.3. The highest BCUT2D eigenvalue weighted by Gasteiger charge is 2.35. The third-order valence-electron chi connectivity index (χ3n) is 3.27. The smallest absolute Gasteiger partial charge is 0.387 e. The van der Waals surface area contributed by atoms with E-state index in [1.807, 2.05) is 0 Å². The molecular weight excluding hydrogens is 398 g/mol. The summed E-state index contributed by atoms with van der Waals surface area (Å²) in [5.41, 5.74) is -0.937. The van der Waals surface area contributed by atoms with Crippen LogP contribution in [0.2, 0.25) is 15.1 Å². The second kappa shape index (κ2) is 7.68. The molecule has 25 heavy (non-hydrogen) atoms. The van der Waals surface area contributed by atoms with Crippen LogP contribution in [0.25, 0.3) is 5.57 Å². The first-order valence-corrected chi connectivity index (χ1v) is 8.02. The van der Waals surface area contributed by atoms with Crippen LogP contribution in [0.5, 0.6) is 0 Å². The van der Waals surface area contributed by atoms with E-state index in [4.69, 9.17) is 34.8 Å². The van der Waals surface area contributed by atoms with Gasteiger partial charge in [-0.15, -0.1) is 0 Å². The molecule has 2 rings (SSSR count). The van der Waals surface area contributed by atoms with Gasteiger partial charge in [-0.25, -0.2) is 0 Å². The van der Waals surface area contributed by atoms with Gasteiger partial charge in [-0.1, -0.05) is 34.8 Å². The Balaban J connectivity index is 2.53. The Morgan fingerprint density at radius 1 is 1.00 bits per heavy atom. The van der Waals surface area contributed by atoms with Crippen molar-refractivity contribution in [3.05, 3.63) is 68.7 Å². The molecule has 0 radical (unpaired) electrons. The first kappa shape index (κ1) is 19.6. The summed E-state index contributed by atoms with van der Waals surface area (Å²) in [6, 6.07) is 7.65. The fourth-order valence-corrected chi connectivity index (χ4v) is 2.86. The molecule has 0 aromatic heterocycles. The Morgan fingerprint density at radius 2 is 1.60 bits per heavy atom. The van der Waals surface area contributed by atoms with E-state index in [9.17, 15) is 18.0 Å². The first-order valence-electron chi connectivity index (χ1n) is 6.89. The lowest BCUT2D eigenvalue weighted by Crippen LogP contribution is -2.13. The van der Waals surface area contributed by atoms with E-state index in [-0.39, 0.29) is 21.2 Å². The van der Waals surface area contributed by atoms with Gasteiger partial charge in [0.05, 0.1) is 16.3 Å². The average molecular weight is 409 g/mol. The van der Waals surface area contributed by atoms with E-state index in [1.165, 1.54) is 24.3 Å². The molecule has 0 fully saturated rings. The molecule has 0 aliphatic rings. The van der Waals surface area contributed by atoms with E-state index in [2.05, 4.69) is 5.32 Å². The average Bonchev–Trinajstić information content (AvgIpc) is 2.50. The molecule has 0 aliphatic carbocycles. The topological polar surface area (TPSA) is 29.1 Å². The molecule has 0 aliphatic heterocycles. The van der Waals surface area contributed by atoms with Crippen LogP contribution < -0.4 is 5.32 Å². The molecule has 0 spiro atoms. The van der Waals surface area contributed by atoms with Crippen molar-refractivity contribution in [1.29, 1.82) is 0 Å². The van der Waals surface area contributed by atoms with Crippen molar-refractivity contribution in [2.75, 3.05) is 12.4 Å². The predicted molar refractivity (Wildman–Crippen MR) is 95.8 cm³/mol. The number of nitrogens with one attached hydrogen (secondary N) is 1. The number of carbonyl (C=O) groups is 1. The minimum absolute atomic E-state index is 0.0362. The van der Waals surface area contributed by atoms with E-state index >= 15 is 0 Å². The highest BCUT2D eigenvalue weighted by atomic mass is 35.5. The zero-order chi connectivity index (χ0) is 18.8. The molecule has 0 amide bonds. The van der Waals surface area contributed by atoms with Gasteiger partial charge in [0.1, 0.15) is 0 Å². The van der Waals surface area contributed by atoms with Crippen molar-refractivity contribution in [3.8, 4) is 0 Å². The monoisotopic (exact) mass is 407 g/mol. The largest absolute Gasteiger partial charge is 0.417 e. The van der Waals surface area contributed by atoms with Gasteiger partial charge >= 0.3 is 6.18 Å². The lowest BCUT2D eigenvalue weighted by Gasteiger charge is -2.13. The van der Waals surface area contributed by atoms with Crippen molar-refractivity contribution >= 4 is 51.8 Å². The van der Waals surface area contributed by atoms with Crippen LogP contribution in [-0.2, 0) is 0 Å². The number of benzene rings is 2. The lowest BCUT2D eigenvalue weighted by atomic mass is 10.0. The summed E-state index contributed by atoms with van der Waals surface area (Å²) >= 11 is 17.4. The number of allylic oxidation sites excluding steroid dienone is 2. The van der Waals surface area contributed by atoms with E-state index in [1.54, 1.807) is 7.05 Å². The summed E-state index contributed by atoms with van der Waals surface area (Å²) in [5.74, 6) is -0.823. The molecule has 0 heterocycles. The molecule has 0 unspecified atom stereocenters. The highest BCUT2D eigenvalue weighted by molar-refractivity contribution is 6.35. The SMILES string of the molecule is CNc1cc(C(=O)/C=C(/c2cc(Cl)cc(Cl)c2)C(F)(F)F)ccc1Cl. The van der Waals surface area contributed by atoms with E-state index in [0.717, 1.165) is 12.1 Å². The second-order valence-electron chi connectivity index (χ2n) is 5.02. The molecule has 2 aromatic rings. The van der Waals surface area contributed by atoms with Gasteiger partial charge in [0.2, 0.25) is 0 Å². The van der Waals surface area contributed by atoms with E-state index in [0.29, 0.717) is 16.8 Å². The van der Waals surface area contributed by atoms with Crippen molar-refractivity contribution in [3.63, 3.8) is 0 Å². The molecule has 0 bridgehead atoms. The van der Waals surface area contributed by atoms with Crippen LogP contribution in [0.4, 0.5) is 18.9 Å². The summed E-state index contributed by atoms with van der Waals surface area (Å²) in [7, 11) is 1.58.